The van der Waals surface area contributed by atoms with Gasteiger partial charge in [-0.1, -0.05) is 36.4 Å². The van der Waals surface area contributed by atoms with Crippen LogP contribution in [0.3, 0.4) is 0 Å². The Balaban J connectivity index is 1.73. The molecule has 1 aliphatic heterocycles. The minimum atomic E-state index is -0.698. The molecule has 5 nitrogen and oxygen atoms in total. The summed E-state index contributed by atoms with van der Waals surface area (Å²) in [6.45, 7) is 1.89. The van der Waals surface area contributed by atoms with Crippen molar-refractivity contribution in [2.24, 2.45) is 11.3 Å². The van der Waals surface area contributed by atoms with Crippen LogP contribution in [0.1, 0.15) is 29.3 Å². The van der Waals surface area contributed by atoms with Crippen LogP contribution in [-0.2, 0) is 20.8 Å². The molecule has 1 heterocycles. The quantitative estimate of drug-likeness (QED) is 0.609. The summed E-state index contributed by atoms with van der Waals surface area (Å²) < 4.78 is 0. The fourth-order valence-electron chi connectivity index (χ4n) is 3.08. The van der Waals surface area contributed by atoms with Crippen LogP contribution in [0.25, 0.3) is 0 Å². The van der Waals surface area contributed by atoms with Crippen LogP contribution >= 0.6 is 0 Å². The maximum Gasteiger partial charge on any atom is 0.238 e. The molecular formula is C20H19NO4. The van der Waals surface area contributed by atoms with Crippen molar-refractivity contribution in [1.82, 2.24) is 4.90 Å². The lowest BCUT2D eigenvalue weighted by atomic mass is 9.84. The highest BCUT2D eigenvalue weighted by Gasteiger charge is 2.40. The molecule has 128 valence electrons. The molecule has 2 atom stereocenters. The maximum atomic E-state index is 12.7. The van der Waals surface area contributed by atoms with Crippen molar-refractivity contribution in [2.45, 2.75) is 19.8 Å². The molecule has 1 aromatic rings. The molecule has 1 amide bonds. The zero-order chi connectivity index (χ0) is 18.0. The van der Waals surface area contributed by atoms with Gasteiger partial charge in [0.2, 0.25) is 5.91 Å². The predicted molar refractivity (Wildman–Crippen MR) is 91.8 cm³/mol. The molecule has 0 bridgehead atoms. The van der Waals surface area contributed by atoms with Gasteiger partial charge in [-0.25, -0.2) is 0 Å². The van der Waals surface area contributed by atoms with Gasteiger partial charge in [0.1, 0.15) is 18.5 Å². The fraction of sp³-hybridized carbons (Fsp3) is 0.300. The summed E-state index contributed by atoms with van der Waals surface area (Å²) in [5.74, 6) is -1.02. The Kier molecular flexibility index (Phi) is 4.49. The SMILES string of the molecule is CC1(C=O)C=CC(N2CC(=O)C(Cc3ccc(C=O)cc3)C2=O)=CC1. The van der Waals surface area contributed by atoms with Gasteiger partial charge in [0.15, 0.2) is 5.78 Å². The highest BCUT2D eigenvalue weighted by atomic mass is 16.2. The van der Waals surface area contributed by atoms with E-state index >= 15 is 0 Å². The molecule has 1 fully saturated rings. The van der Waals surface area contributed by atoms with E-state index in [9.17, 15) is 19.2 Å². The summed E-state index contributed by atoms with van der Waals surface area (Å²) >= 11 is 0. The number of aldehydes is 2. The average Bonchev–Trinajstić information content (AvgIpc) is 2.91. The maximum absolute atomic E-state index is 12.7. The monoisotopic (exact) mass is 337 g/mol. The van der Waals surface area contributed by atoms with E-state index in [1.54, 1.807) is 36.4 Å². The lowest BCUT2D eigenvalue weighted by Crippen LogP contribution is -2.29. The molecule has 1 aromatic carbocycles. The average molecular weight is 337 g/mol. The number of Topliss-reactive ketones (excluding diaryl/α,β-unsaturated/α-hetero) is 1. The molecule has 3 rings (SSSR count). The van der Waals surface area contributed by atoms with E-state index in [0.29, 0.717) is 24.1 Å². The number of allylic oxidation sites excluding steroid dienone is 3. The van der Waals surface area contributed by atoms with E-state index in [0.717, 1.165) is 18.1 Å². The minimum Gasteiger partial charge on any atom is -0.305 e. The Hall–Kier alpha value is -2.82. The zero-order valence-corrected chi connectivity index (χ0v) is 14.0. The smallest absolute Gasteiger partial charge is 0.238 e. The summed E-state index contributed by atoms with van der Waals surface area (Å²) in [7, 11) is 0. The fourth-order valence-corrected chi connectivity index (χ4v) is 3.08. The summed E-state index contributed by atoms with van der Waals surface area (Å²) in [5, 5.41) is 0. The van der Waals surface area contributed by atoms with Gasteiger partial charge >= 0.3 is 0 Å². The normalized spacial score (nSPS) is 25.9. The second-order valence-corrected chi connectivity index (χ2v) is 6.80. The second-order valence-electron chi connectivity index (χ2n) is 6.80. The van der Waals surface area contributed by atoms with Gasteiger partial charge < -0.3 is 9.69 Å². The first-order valence-corrected chi connectivity index (χ1v) is 8.20. The molecule has 1 aliphatic carbocycles. The number of carbonyl (C=O) groups is 4. The van der Waals surface area contributed by atoms with Crippen LogP contribution in [-0.4, -0.2) is 35.7 Å². The molecule has 25 heavy (non-hydrogen) atoms. The molecule has 0 radical (unpaired) electrons. The van der Waals surface area contributed by atoms with E-state index in [-0.39, 0.29) is 18.2 Å². The third-order valence-electron chi connectivity index (χ3n) is 4.79. The number of amides is 1. The zero-order valence-electron chi connectivity index (χ0n) is 14.0. The van der Waals surface area contributed by atoms with Crippen LogP contribution in [0, 0.1) is 11.3 Å². The number of rotatable bonds is 5. The van der Waals surface area contributed by atoms with Crippen LogP contribution in [0.15, 0.2) is 48.2 Å². The molecule has 1 saturated heterocycles. The van der Waals surface area contributed by atoms with E-state index in [1.165, 1.54) is 4.90 Å². The van der Waals surface area contributed by atoms with Crippen molar-refractivity contribution in [3.63, 3.8) is 0 Å². The van der Waals surface area contributed by atoms with Gasteiger partial charge in [0, 0.05) is 16.7 Å². The molecule has 2 unspecified atom stereocenters. The molecule has 0 spiro atoms. The lowest BCUT2D eigenvalue weighted by Gasteiger charge is -2.25. The van der Waals surface area contributed by atoms with E-state index in [4.69, 9.17) is 0 Å². The van der Waals surface area contributed by atoms with Crippen molar-refractivity contribution < 1.29 is 19.2 Å². The van der Waals surface area contributed by atoms with Crippen molar-refractivity contribution in [3.8, 4) is 0 Å². The first-order chi connectivity index (χ1) is 12.0. The number of hydrogen-bond donors (Lipinski definition) is 0. The van der Waals surface area contributed by atoms with Gasteiger partial charge in [0.25, 0.3) is 0 Å². The first-order valence-electron chi connectivity index (χ1n) is 8.20. The summed E-state index contributed by atoms with van der Waals surface area (Å²) in [5.41, 5.74) is 1.54. The van der Waals surface area contributed by atoms with Crippen LogP contribution < -0.4 is 0 Å². The molecule has 0 aromatic heterocycles. The molecule has 0 N–H and O–H groups in total. The largest absolute Gasteiger partial charge is 0.305 e. The van der Waals surface area contributed by atoms with Crippen LogP contribution in [0.2, 0.25) is 0 Å². The van der Waals surface area contributed by atoms with E-state index in [2.05, 4.69) is 0 Å². The van der Waals surface area contributed by atoms with E-state index in [1.807, 2.05) is 13.0 Å². The highest BCUT2D eigenvalue weighted by Crippen LogP contribution is 2.31. The number of benzene rings is 1. The number of ketones is 1. The predicted octanol–water partition coefficient (Wildman–Crippen LogP) is 2.12. The van der Waals surface area contributed by atoms with Gasteiger partial charge in [-0.2, -0.15) is 0 Å². The van der Waals surface area contributed by atoms with E-state index < -0.39 is 11.3 Å². The number of likely N-dealkylation sites (tertiary alicyclic amines) is 1. The summed E-state index contributed by atoms with van der Waals surface area (Å²) in [6, 6.07) is 6.89. The molecule has 0 saturated carbocycles. The van der Waals surface area contributed by atoms with Crippen molar-refractivity contribution >= 4 is 24.3 Å². The Morgan fingerprint density at radius 3 is 2.48 bits per heavy atom. The Bertz CT molecular complexity index is 790. The molecular weight excluding hydrogens is 318 g/mol. The van der Waals surface area contributed by atoms with Crippen LogP contribution in [0.4, 0.5) is 0 Å². The Morgan fingerprint density at radius 1 is 1.20 bits per heavy atom. The third kappa shape index (κ3) is 3.36. The number of carbonyl (C=O) groups excluding carboxylic acids is 4. The van der Waals surface area contributed by atoms with Gasteiger partial charge in [-0.15, -0.1) is 0 Å². The highest BCUT2D eigenvalue weighted by molar-refractivity contribution is 6.09. The minimum absolute atomic E-state index is 0.0594. The molecule has 5 heteroatoms. The van der Waals surface area contributed by atoms with Gasteiger partial charge in [-0.3, -0.25) is 14.4 Å². The van der Waals surface area contributed by atoms with Crippen LogP contribution in [0.5, 0.6) is 0 Å². The second kappa shape index (κ2) is 6.59. The summed E-state index contributed by atoms with van der Waals surface area (Å²) in [6.07, 6.45) is 7.84. The van der Waals surface area contributed by atoms with Crippen molar-refractivity contribution in [1.29, 1.82) is 0 Å². The number of hydrogen-bond acceptors (Lipinski definition) is 4. The van der Waals surface area contributed by atoms with Gasteiger partial charge in [0.05, 0.1) is 6.54 Å². The van der Waals surface area contributed by atoms with Crippen molar-refractivity contribution in [3.05, 3.63) is 59.3 Å². The topological polar surface area (TPSA) is 71.5 Å². The third-order valence-corrected chi connectivity index (χ3v) is 4.79. The van der Waals surface area contributed by atoms with Gasteiger partial charge in [-0.05, 0) is 31.4 Å². The number of nitrogens with zero attached hydrogens (tertiary/aromatic N) is 1. The molecule has 2 aliphatic rings. The first kappa shape index (κ1) is 17.0. The Morgan fingerprint density at radius 2 is 1.92 bits per heavy atom. The standard InChI is InChI=1S/C20H19NO4/c1-20(13-23)8-6-16(7-9-20)21-11-18(24)17(19(21)25)10-14-2-4-15(12-22)5-3-14/h2-8,12-13,17H,9-11H2,1H3. The van der Waals surface area contributed by atoms with Crippen molar-refractivity contribution in [2.75, 3.05) is 6.54 Å². The Labute approximate surface area is 146 Å². The summed E-state index contributed by atoms with van der Waals surface area (Å²) in [4.78, 5) is 48.3. The lowest BCUT2D eigenvalue weighted by molar-refractivity contribution is -0.130.